The minimum Gasteiger partial charge on any atom is -0.381 e. The number of rotatable bonds is 7. The van der Waals surface area contributed by atoms with Gasteiger partial charge in [0.05, 0.1) is 16.8 Å². The van der Waals surface area contributed by atoms with Gasteiger partial charge < -0.3 is 10.5 Å². The molecule has 0 unspecified atom stereocenters. The van der Waals surface area contributed by atoms with E-state index in [-0.39, 0.29) is 29.8 Å². The summed E-state index contributed by atoms with van der Waals surface area (Å²) in [5.74, 6) is -0.774. The van der Waals surface area contributed by atoms with E-state index in [0.717, 1.165) is 5.56 Å². The fraction of sp³-hybridized carbons (Fsp3) is 0.400. The highest BCUT2D eigenvalue weighted by Crippen LogP contribution is 2.63. The molecule has 1 fully saturated rings. The number of benzene rings is 2. The van der Waals surface area contributed by atoms with Gasteiger partial charge in [0.2, 0.25) is 0 Å². The summed E-state index contributed by atoms with van der Waals surface area (Å²) in [4.78, 5) is 0.265. The molecule has 1 aliphatic carbocycles. The molecule has 0 heterocycles. The average Bonchev–Trinajstić information content (AvgIpc) is 3.31. The summed E-state index contributed by atoms with van der Waals surface area (Å²) in [5.41, 5.74) is 6.92. The highest BCUT2D eigenvalue weighted by atomic mass is 32.2. The lowest BCUT2D eigenvalue weighted by Gasteiger charge is -2.16. The van der Waals surface area contributed by atoms with Gasteiger partial charge in [0.15, 0.2) is 9.84 Å². The van der Waals surface area contributed by atoms with Crippen molar-refractivity contribution in [2.24, 2.45) is 11.1 Å². The van der Waals surface area contributed by atoms with Crippen molar-refractivity contribution in [1.29, 1.82) is 0 Å². The molecule has 0 spiro atoms. The number of aryl methyl sites for hydroxylation is 1. The topological polar surface area (TPSA) is 69.4 Å². The predicted molar refractivity (Wildman–Crippen MR) is 99.3 cm³/mol. The van der Waals surface area contributed by atoms with E-state index in [1.165, 1.54) is 12.1 Å². The Kier molecular flexibility index (Phi) is 5.19. The molecule has 1 saturated carbocycles. The van der Waals surface area contributed by atoms with Gasteiger partial charge in [0, 0.05) is 24.5 Å². The average molecular weight is 377 g/mol. The summed E-state index contributed by atoms with van der Waals surface area (Å²) < 4.78 is 45.9. The molecule has 2 aromatic carbocycles. The summed E-state index contributed by atoms with van der Waals surface area (Å²) in [5, 5.41) is -0.726. The van der Waals surface area contributed by atoms with Gasteiger partial charge in [-0.2, -0.15) is 0 Å². The van der Waals surface area contributed by atoms with Crippen molar-refractivity contribution in [2.75, 3.05) is 19.8 Å². The van der Waals surface area contributed by atoms with Gasteiger partial charge in [-0.25, -0.2) is 12.8 Å². The Bertz CT molecular complexity index is 882. The van der Waals surface area contributed by atoms with Crippen molar-refractivity contribution < 1.29 is 17.5 Å². The predicted octanol–water partition coefficient (Wildman–Crippen LogP) is 3.06. The number of halogens is 1. The Labute approximate surface area is 154 Å². The van der Waals surface area contributed by atoms with Gasteiger partial charge in [-0.15, -0.1) is 0 Å². The van der Waals surface area contributed by atoms with Gasteiger partial charge >= 0.3 is 0 Å². The molecule has 3 atom stereocenters. The van der Waals surface area contributed by atoms with Crippen LogP contribution in [0.4, 0.5) is 4.39 Å². The third-order valence-corrected chi connectivity index (χ3v) is 7.57. The number of ether oxygens (including phenoxy) is 1. The molecule has 0 aromatic heterocycles. The van der Waals surface area contributed by atoms with Crippen LogP contribution in [0, 0.1) is 18.2 Å². The molecule has 0 amide bonds. The molecule has 2 N–H and O–H groups in total. The Morgan fingerprint density at radius 2 is 1.88 bits per heavy atom. The first-order chi connectivity index (χ1) is 12.4. The molecule has 6 heteroatoms. The Balaban J connectivity index is 2.05. The second kappa shape index (κ2) is 7.10. The Hall–Kier alpha value is -1.76. The molecule has 140 valence electrons. The quantitative estimate of drug-likeness (QED) is 0.805. The monoisotopic (exact) mass is 377 g/mol. The molecule has 0 bridgehead atoms. The second-order valence-electron chi connectivity index (χ2n) is 6.89. The maximum atomic E-state index is 13.7. The van der Waals surface area contributed by atoms with Crippen molar-refractivity contribution in [1.82, 2.24) is 0 Å². The molecular formula is C20H24FNO3S. The number of sulfone groups is 1. The molecule has 1 aliphatic rings. The standard InChI is InChI=1S/C20H24FNO3S/c1-3-25-13-20(12-22)18(15-5-4-6-16(21)11-15)19(20)26(23,24)17-9-7-14(2)8-10-17/h4-11,18-19H,3,12-13,22H2,1-2H3/t18-,19+,20+/m1/s1. The summed E-state index contributed by atoms with van der Waals surface area (Å²) in [7, 11) is -3.63. The van der Waals surface area contributed by atoms with E-state index in [0.29, 0.717) is 12.2 Å². The zero-order valence-electron chi connectivity index (χ0n) is 15.0. The third kappa shape index (κ3) is 3.17. The van der Waals surface area contributed by atoms with E-state index < -0.39 is 20.5 Å². The van der Waals surface area contributed by atoms with Crippen LogP contribution in [0.1, 0.15) is 24.0 Å². The van der Waals surface area contributed by atoms with Gasteiger partial charge in [0.1, 0.15) is 5.82 Å². The maximum Gasteiger partial charge on any atom is 0.182 e. The molecule has 3 rings (SSSR count). The fourth-order valence-electron chi connectivity index (χ4n) is 3.79. The van der Waals surface area contributed by atoms with Crippen molar-refractivity contribution in [2.45, 2.75) is 29.9 Å². The first-order valence-electron chi connectivity index (χ1n) is 8.70. The normalized spacial score (nSPS) is 25.2. The summed E-state index contributed by atoms with van der Waals surface area (Å²) in [6, 6.07) is 12.9. The smallest absolute Gasteiger partial charge is 0.182 e. The Morgan fingerprint density at radius 3 is 2.46 bits per heavy atom. The zero-order chi connectivity index (χ0) is 18.9. The summed E-state index contributed by atoms with van der Waals surface area (Å²) in [6.45, 7) is 4.62. The van der Waals surface area contributed by atoms with Gasteiger partial charge in [-0.3, -0.25) is 0 Å². The van der Waals surface area contributed by atoms with Gasteiger partial charge in [0.25, 0.3) is 0 Å². The van der Waals surface area contributed by atoms with Crippen LogP contribution in [0.3, 0.4) is 0 Å². The number of hydrogen-bond acceptors (Lipinski definition) is 4. The van der Waals surface area contributed by atoms with Crippen molar-refractivity contribution in [3.8, 4) is 0 Å². The second-order valence-corrected chi connectivity index (χ2v) is 8.96. The molecular weight excluding hydrogens is 353 g/mol. The van der Waals surface area contributed by atoms with Crippen molar-refractivity contribution >= 4 is 9.84 Å². The SMILES string of the molecule is CCOC[C@@]1(CN)[C@H](c2cccc(F)c2)[C@@H]1S(=O)(=O)c1ccc(C)cc1. The Morgan fingerprint density at radius 1 is 1.19 bits per heavy atom. The van der Waals surface area contributed by atoms with Crippen LogP contribution in [-0.2, 0) is 14.6 Å². The lowest BCUT2D eigenvalue weighted by Crippen LogP contribution is -2.29. The van der Waals surface area contributed by atoms with Crippen molar-refractivity contribution in [3.63, 3.8) is 0 Å². The molecule has 0 aliphatic heterocycles. The minimum absolute atomic E-state index is 0.157. The molecule has 0 saturated heterocycles. The van der Waals surface area contributed by atoms with E-state index >= 15 is 0 Å². The molecule has 4 nitrogen and oxygen atoms in total. The van der Waals surface area contributed by atoms with Crippen LogP contribution in [0.5, 0.6) is 0 Å². The molecule has 26 heavy (non-hydrogen) atoms. The van der Waals surface area contributed by atoms with Gasteiger partial charge in [-0.1, -0.05) is 29.8 Å². The van der Waals surface area contributed by atoms with E-state index in [2.05, 4.69) is 0 Å². The van der Waals surface area contributed by atoms with Crippen LogP contribution in [-0.4, -0.2) is 33.4 Å². The molecule has 2 aromatic rings. The largest absolute Gasteiger partial charge is 0.381 e. The van der Waals surface area contributed by atoms with Crippen LogP contribution in [0.2, 0.25) is 0 Å². The van der Waals surface area contributed by atoms with Crippen LogP contribution < -0.4 is 5.73 Å². The van der Waals surface area contributed by atoms with E-state index in [4.69, 9.17) is 10.5 Å². The number of nitrogens with two attached hydrogens (primary N) is 1. The fourth-order valence-corrected chi connectivity index (χ4v) is 6.23. The first-order valence-corrected chi connectivity index (χ1v) is 10.3. The third-order valence-electron chi connectivity index (χ3n) is 5.23. The van der Waals surface area contributed by atoms with Crippen LogP contribution in [0.15, 0.2) is 53.4 Å². The van der Waals surface area contributed by atoms with E-state index in [9.17, 15) is 12.8 Å². The van der Waals surface area contributed by atoms with Crippen LogP contribution >= 0.6 is 0 Å². The van der Waals surface area contributed by atoms with E-state index in [1.54, 1.807) is 36.4 Å². The number of hydrogen-bond donors (Lipinski definition) is 1. The first kappa shape index (κ1) is 19.0. The molecule has 0 radical (unpaired) electrons. The van der Waals surface area contributed by atoms with Crippen molar-refractivity contribution in [3.05, 3.63) is 65.5 Å². The zero-order valence-corrected chi connectivity index (χ0v) is 15.8. The minimum atomic E-state index is -3.63. The summed E-state index contributed by atoms with van der Waals surface area (Å²) in [6.07, 6.45) is 0. The lowest BCUT2D eigenvalue weighted by atomic mass is 10.00. The van der Waals surface area contributed by atoms with Crippen LogP contribution in [0.25, 0.3) is 0 Å². The summed E-state index contributed by atoms with van der Waals surface area (Å²) >= 11 is 0. The van der Waals surface area contributed by atoms with Gasteiger partial charge in [-0.05, 0) is 43.7 Å². The highest BCUT2D eigenvalue weighted by molar-refractivity contribution is 7.92. The maximum absolute atomic E-state index is 13.7. The van der Waals surface area contributed by atoms with E-state index in [1.807, 2.05) is 13.8 Å². The lowest BCUT2D eigenvalue weighted by molar-refractivity contribution is 0.101. The highest BCUT2D eigenvalue weighted by Gasteiger charge is 2.70.